The van der Waals surface area contributed by atoms with Crippen molar-refractivity contribution in [3.8, 4) is 0 Å². The van der Waals surface area contributed by atoms with E-state index >= 15 is 0 Å². The van der Waals surface area contributed by atoms with Crippen LogP contribution in [0.5, 0.6) is 0 Å². The number of carbonyl (C=O) groups is 1. The minimum Gasteiger partial charge on any atom is -0.469 e. The summed E-state index contributed by atoms with van der Waals surface area (Å²) in [5, 5.41) is 0.00205. The molecular weight excluding hydrogens is 248 g/mol. The first-order valence-corrected chi connectivity index (χ1v) is 6.56. The lowest BCUT2D eigenvalue weighted by atomic mass is 9.83. The molecule has 0 amide bonds. The van der Waals surface area contributed by atoms with Gasteiger partial charge in [-0.3, -0.25) is 4.79 Å². The van der Waals surface area contributed by atoms with Gasteiger partial charge in [0.15, 0.2) is 0 Å². The number of carbonyl (C=O) groups excluding carboxylic acids is 1. The van der Waals surface area contributed by atoms with Crippen LogP contribution >= 0.6 is 11.6 Å². The number of aryl methyl sites for hydroxylation is 1. The zero-order chi connectivity index (χ0) is 13.1. The van der Waals surface area contributed by atoms with Crippen LogP contribution in [0.1, 0.15) is 24.0 Å². The molecule has 0 aromatic heterocycles. The summed E-state index contributed by atoms with van der Waals surface area (Å²) in [6.45, 7) is 2.04. The van der Waals surface area contributed by atoms with E-state index in [0.29, 0.717) is 0 Å². The van der Waals surface area contributed by atoms with Crippen LogP contribution in [-0.4, -0.2) is 18.5 Å². The minimum atomic E-state index is -0.187. The lowest BCUT2D eigenvalue weighted by molar-refractivity contribution is -0.143. The Balaban J connectivity index is 2.36. The normalized spacial score (nSPS) is 23.4. The summed E-state index contributed by atoms with van der Waals surface area (Å²) < 4.78 is 4.88. The molecule has 0 saturated heterocycles. The lowest BCUT2D eigenvalue weighted by Crippen LogP contribution is -2.23. The average molecular weight is 265 g/mol. The fourth-order valence-electron chi connectivity index (χ4n) is 2.31. The molecule has 96 valence electrons. The van der Waals surface area contributed by atoms with Gasteiger partial charge in [0, 0.05) is 0 Å². The van der Waals surface area contributed by atoms with Crippen molar-refractivity contribution in [3.05, 3.63) is 41.5 Å². The molecule has 1 aliphatic carbocycles. The topological polar surface area (TPSA) is 26.3 Å². The predicted octanol–water partition coefficient (Wildman–Crippen LogP) is 3.57. The van der Waals surface area contributed by atoms with Crippen molar-refractivity contribution in [3.63, 3.8) is 0 Å². The van der Waals surface area contributed by atoms with E-state index in [2.05, 4.69) is 0 Å². The van der Waals surface area contributed by atoms with E-state index < -0.39 is 0 Å². The van der Waals surface area contributed by atoms with E-state index in [1.54, 1.807) is 0 Å². The Labute approximate surface area is 113 Å². The molecule has 2 nitrogen and oxygen atoms in total. The molecular formula is C15H17ClO2. The van der Waals surface area contributed by atoms with Crippen LogP contribution in [0.15, 0.2) is 30.3 Å². The summed E-state index contributed by atoms with van der Waals surface area (Å²) in [5.41, 5.74) is 3.25. The van der Waals surface area contributed by atoms with Crippen LogP contribution in [0, 0.1) is 12.8 Å². The number of hydrogen-bond acceptors (Lipinski definition) is 2. The van der Waals surface area contributed by atoms with Gasteiger partial charge in [0.05, 0.1) is 18.4 Å². The van der Waals surface area contributed by atoms with E-state index in [-0.39, 0.29) is 17.3 Å². The molecule has 1 aromatic carbocycles. The minimum absolute atomic E-state index is 0.00205. The van der Waals surface area contributed by atoms with Crippen LogP contribution in [0.2, 0.25) is 0 Å². The average Bonchev–Trinajstić information content (AvgIpc) is 2.38. The maximum atomic E-state index is 11.8. The van der Waals surface area contributed by atoms with E-state index in [1.165, 1.54) is 12.7 Å². The van der Waals surface area contributed by atoms with Gasteiger partial charge in [-0.05, 0) is 30.9 Å². The second-order valence-corrected chi connectivity index (χ2v) is 5.22. The van der Waals surface area contributed by atoms with Crippen LogP contribution < -0.4 is 0 Å². The van der Waals surface area contributed by atoms with Gasteiger partial charge < -0.3 is 4.74 Å². The SMILES string of the molecule is COC(=O)C1CCC(Cl)C=C1c1ccc(C)cc1. The number of methoxy groups -OCH3 is 1. The number of alkyl halides is 1. The summed E-state index contributed by atoms with van der Waals surface area (Å²) in [7, 11) is 1.43. The monoisotopic (exact) mass is 264 g/mol. The molecule has 1 aromatic rings. The first-order chi connectivity index (χ1) is 8.61. The predicted molar refractivity (Wildman–Crippen MR) is 73.5 cm³/mol. The van der Waals surface area contributed by atoms with Gasteiger partial charge in [0.2, 0.25) is 0 Å². The third kappa shape index (κ3) is 2.75. The quantitative estimate of drug-likeness (QED) is 0.603. The fourth-order valence-corrected chi connectivity index (χ4v) is 2.57. The molecule has 0 radical (unpaired) electrons. The number of hydrogen-bond donors (Lipinski definition) is 0. The number of halogens is 1. The van der Waals surface area contributed by atoms with Crippen LogP contribution in [-0.2, 0) is 9.53 Å². The summed E-state index contributed by atoms with van der Waals surface area (Å²) in [6, 6.07) is 8.16. The molecule has 2 rings (SSSR count). The standard InChI is InChI=1S/C15H17ClO2/c1-10-3-5-11(6-4-10)14-9-12(16)7-8-13(14)15(17)18-2/h3-6,9,12-13H,7-8H2,1-2H3. The number of allylic oxidation sites excluding steroid dienone is 1. The summed E-state index contributed by atoms with van der Waals surface area (Å²) >= 11 is 6.18. The van der Waals surface area contributed by atoms with Crippen molar-refractivity contribution in [1.82, 2.24) is 0 Å². The zero-order valence-corrected chi connectivity index (χ0v) is 11.4. The van der Waals surface area contributed by atoms with Crippen LogP contribution in [0.4, 0.5) is 0 Å². The smallest absolute Gasteiger partial charge is 0.313 e. The summed E-state index contributed by atoms with van der Waals surface area (Å²) in [4.78, 5) is 11.8. The molecule has 1 aliphatic rings. The molecule has 18 heavy (non-hydrogen) atoms. The first kappa shape index (κ1) is 13.2. The highest BCUT2D eigenvalue weighted by Gasteiger charge is 2.29. The number of ether oxygens (including phenoxy) is 1. The van der Waals surface area contributed by atoms with Crippen molar-refractivity contribution >= 4 is 23.1 Å². The van der Waals surface area contributed by atoms with E-state index in [1.807, 2.05) is 37.3 Å². The molecule has 2 unspecified atom stereocenters. The Morgan fingerprint density at radius 3 is 2.56 bits per heavy atom. The van der Waals surface area contributed by atoms with Gasteiger partial charge in [0.1, 0.15) is 0 Å². The van der Waals surface area contributed by atoms with Gasteiger partial charge in [-0.25, -0.2) is 0 Å². The molecule has 3 heteroatoms. The maximum absolute atomic E-state index is 11.8. The Morgan fingerprint density at radius 1 is 1.28 bits per heavy atom. The Kier molecular flexibility index (Phi) is 4.07. The van der Waals surface area contributed by atoms with Crippen molar-refractivity contribution in [2.45, 2.75) is 25.1 Å². The van der Waals surface area contributed by atoms with Gasteiger partial charge >= 0.3 is 5.97 Å². The Bertz CT molecular complexity index is 462. The van der Waals surface area contributed by atoms with Crippen molar-refractivity contribution < 1.29 is 9.53 Å². The largest absolute Gasteiger partial charge is 0.469 e. The van der Waals surface area contributed by atoms with E-state index in [9.17, 15) is 4.79 Å². The zero-order valence-electron chi connectivity index (χ0n) is 10.7. The van der Waals surface area contributed by atoms with E-state index in [4.69, 9.17) is 16.3 Å². The molecule has 0 fully saturated rings. The Morgan fingerprint density at radius 2 is 1.94 bits per heavy atom. The maximum Gasteiger partial charge on any atom is 0.313 e. The molecule has 0 saturated carbocycles. The molecule has 0 bridgehead atoms. The lowest BCUT2D eigenvalue weighted by Gasteiger charge is -2.25. The highest BCUT2D eigenvalue weighted by Crippen LogP contribution is 2.35. The van der Waals surface area contributed by atoms with E-state index in [0.717, 1.165) is 24.0 Å². The third-order valence-electron chi connectivity index (χ3n) is 3.34. The van der Waals surface area contributed by atoms with Crippen molar-refractivity contribution in [2.24, 2.45) is 5.92 Å². The molecule has 0 spiro atoms. The van der Waals surface area contributed by atoms with Gasteiger partial charge in [-0.1, -0.05) is 35.9 Å². The summed E-state index contributed by atoms with van der Waals surface area (Å²) in [6.07, 6.45) is 3.55. The molecule has 0 aliphatic heterocycles. The second-order valence-electron chi connectivity index (χ2n) is 4.66. The number of benzene rings is 1. The van der Waals surface area contributed by atoms with Gasteiger partial charge in [-0.15, -0.1) is 11.6 Å². The first-order valence-electron chi connectivity index (χ1n) is 6.12. The molecule has 0 N–H and O–H groups in total. The summed E-state index contributed by atoms with van der Waals surface area (Å²) in [5.74, 6) is -0.363. The highest BCUT2D eigenvalue weighted by molar-refractivity contribution is 6.22. The van der Waals surface area contributed by atoms with Crippen LogP contribution in [0.3, 0.4) is 0 Å². The van der Waals surface area contributed by atoms with Crippen molar-refractivity contribution in [2.75, 3.05) is 7.11 Å². The highest BCUT2D eigenvalue weighted by atomic mass is 35.5. The molecule has 0 heterocycles. The molecule has 2 atom stereocenters. The van der Waals surface area contributed by atoms with Crippen molar-refractivity contribution in [1.29, 1.82) is 0 Å². The number of rotatable bonds is 2. The van der Waals surface area contributed by atoms with Gasteiger partial charge in [-0.2, -0.15) is 0 Å². The van der Waals surface area contributed by atoms with Gasteiger partial charge in [0.25, 0.3) is 0 Å². The second kappa shape index (κ2) is 5.57. The number of esters is 1. The third-order valence-corrected chi connectivity index (χ3v) is 3.68. The fraction of sp³-hybridized carbons (Fsp3) is 0.400. The Hall–Kier alpha value is -1.28. The van der Waals surface area contributed by atoms with Crippen LogP contribution in [0.25, 0.3) is 5.57 Å².